The van der Waals surface area contributed by atoms with Crippen molar-refractivity contribution in [3.63, 3.8) is 0 Å². The van der Waals surface area contributed by atoms with Gasteiger partial charge in [0, 0.05) is 5.56 Å². The number of hydrogen-bond donors (Lipinski definition) is 0. The van der Waals surface area contributed by atoms with Crippen LogP contribution in [-0.2, 0) is 16.6 Å². The van der Waals surface area contributed by atoms with Gasteiger partial charge in [0.1, 0.15) is 18.1 Å². The zero-order valence-corrected chi connectivity index (χ0v) is 12.2. The number of hydrogen-bond acceptors (Lipinski definition) is 3. The number of aryl methyl sites for hydroxylation is 2. The van der Waals surface area contributed by atoms with Gasteiger partial charge in [0.15, 0.2) is 0 Å². The van der Waals surface area contributed by atoms with E-state index < -0.39 is 6.04 Å². The molecule has 20 heavy (non-hydrogen) atoms. The van der Waals surface area contributed by atoms with E-state index in [1.807, 2.05) is 60.0 Å². The van der Waals surface area contributed by atoms with Crippen molar-refractivity contribution in [1.29, 1.82) is 0 Å². The maximum atomic E-state index is 12.1. The van der Waals surface area contributed by atoms with Crippen LogP contribution in [0.1, 0.15) is 17.2 Å². The summed E-state index contributed by atoms with van der Waals surface area (Å²) in [5, 5.41) is 0. The van der Waals surface area contributed by atoms with Gasteiger partial charge in [-0.15, -0.1) is 0 Å². The highest BCUT2D eigenvalue weighted by Crippen LogP contribution is 2.26. The second kappa shape index (κ2) is 5.77. The molecular formula is C15H19N2O3+. The summed E-state index contributed by atoms with van der Waals surface area (Å²) in [7, 11) is 4.92. The van der Waals surface area contributed by atoms with E-state index in [4.69, 9.17) is 9.47 Å². The number of carbonyl (C=O) groups is 1. The Morgan fingerprint density at radius 2 is 2.10 bits per heavy atom. The Labute approximate surface area is 118 Å². The molecule has 2 rings (SSSR count). The molecule has 0 saturated carbocycles. The number of rotatable bonds is 4. The third-order valence-corrected chi connectivity index (χ3v) is 3.26. The molecule has 1 aromatic heterocycles. The Hall–Kier alpha value is -2.30. The third kappa shape index (κ3) is 2.66. The van der Waals surface area contributed by atoms with Gasteiger partial charge in [0.25, 0.3) is 0 Å². The molecule has 0 fully saturated rings. The maximum Gasteiger partial charge on any atom is 0.356 e. The van der Waals surface area contributed by atoms with Gasteiger partial charge in [-0.1, -0.05) is 12.1 Å². The molecular weight excluding hydrogens is 256 g/mol. The molecule has 0 aliphatic rings. The number of esters is 1. The second-order valence-corrected chi connectivity index (χ2v) is 4.68. The van der Waals surface area contributed by atoms with E-state index in [1.165, 1.54) is 7.11 Å². The van der Waals surface area contributed by atoms with Crippen molar-refractivity contribution < 1.29 is 18.8 Å². The zero-order chi connectivity index (χ0) is 14.7. The van der Waals surface area contributed by atoms with Gasteiger partial charge in [-0.3, -0.25) is 0 Å². The Morgan fingerprint density at radius 1 is 1.35 bits per heavy atom. The van der Waals surface area contributed by atoms with E-state index in [2.05, 4.69) is 0 Å². The van der Waals surface area contributed by atoms with Crippen LogP contribution in [0.3, 0.4) is 0 Å². The summed E-state index contributed by atoms with van der Waals surface area (Å²) in [6.07, 6.45) is 5.56. The first-order chi connectivity index (χ1) is 9.56. The Bertz CT molecular complexity index is 619. The molecule has 1 heterocycles. The Balaban J connectivity index is 2.49. The molecule has 0 N–H and O–H groups in total. The van der Waals surface area contributed by atoms with Crippen molar-refractivity contribution in [2.24, 2.45) is 7.05 Å². The predicted octanol–water partition coefficient (Wildman–Crippen LogP) is 1.39. The monoisotopic (exact) mass is 275 g/mol. The first-order valence-electron chi connectivity index (χ1n) is 6.32. The molecule has 1 aromatic carbocycles. The van der Waals surface area contributed by atoms with Gasteiger partial charge >= 0.3 is 5.97 Å². The molecule has 2 aromatic rings. The van der Waals surface area contributed by atoms with Crippen molar-refractivity contribution in [3.8, 4) is 5.75 Å². The second-order valence-electron chi connectivity index (χ2n) is 4.68. The lowest BCUT2D eigenvalue weighted by Crippen LogP contribution is -2.27. The maximum absolute atomic E-state index is 12.1. The number of imidazole rings is 1. The van der Waals surface area contributed by atoms with Crippen LogP contribution < -0.4 is 9.30 Å². The Morgan fingerprint density at radius 3 is 2.65 bits per heavy atom. The fourth-order valence-electron chi connectivity index (χ4n) is 2.17. The highest BCUT2D eigenvalue weighted by atomic mass is 16.5. The van der Waals surface area contributed by atoms with Gasteiger partial charge in [-0.25, -0.2) is 13.9 Å². The number of carbonyl (C=O) groups excluding carboxylic acids is 1. The molecule has 5 heteroatoms. The van der Waals surface area contributed by atoms with Crippen molar-refractivity contribution >= 4 is 5.97 Å². The number of aromatic nitrogens is 2. The average Bonchev–Trinajstić information content (AvgIpc) is 2.86. The van der Waals surface area contributed by atoms with E-state index >= 15 is 0 Å². The van der Waals surface area contributed by atoms with Crippen LogP contribution in [0.4, 0.5) is 0 Å². The molecule has 1 unspecified atom stereocenters. The van der Waals surface area contributed by atoms with Crippen LogP contribution in [-0.4, -0.2) is 24.8 Å². The van der Waals surface area contributed by atoms with E-state index in [9.17, 15) is 4.79 Å². The van der Waals surface area contributed by atoms with Crippen molar-refractivity contribution in [2.75, 3.05) is 14.2 Å². The summed E-state index contributed by atoms with van der Waals surface area (Å²) in [4.78, 5) is 12.1. The summed E-state index contributed by atoms with van der Waals surface area (Å²) >= 11 is 0. The van der Waals surface area contributed by atoms with Crippen molar-refractivity contribution in [1.82, 2.24) is 4.57 Å². The SMILES string of the molecule is COC(=O)C(c1ccc(C)c(OC)c1)n1cc[n+](C)c1. The first-order valence-corrected chi connectivity index (χ1v) is 6.32. The fourth-order valence-corrected chi connectivity index (χ4v) is 2.17. The predicted molar refractivity (Wildman–Crippen MR) is 73.5 cm³/mol. The number of benzene rings is 1. The number of nitrogens with zero attached hydrogens (tertiary/aromatic N) is 2. The van der Waals surface area contributed by atoms with Crippen LogP contribution >= 0.6 is 0 Å². The molecule has 106 valence electrons. The van der Waals surface area contributed by atoms with Crippen LogP contribution in [0, 0.1) is 6.92 Å². The van der Waals surface area contributed by atoms with E-state index in [0.29, 0.717) is 0 Å². The largest absolute Gasteiger partial charge is 0.496 e. The summed E-state index contributed by atoms with van der Waals surface area (Å²) in [5.74, 6) is 0.444. The zero-order valence-electron chi connectivity index (χ0n) is 12.2. The number of methoxy groups -OCH3 is 2. The first kappa shape index (κ1) is 14.1. The molecule has 0 spiro atoms. The van der Waals surface area contributed by atoms with E-state index in [-0.39, 0.29) is 5.97 Å². The quantitative estimate of drug-likeness (QED) is 0.625. The topological polar surface area (TPSA) is 44.3 Å². The minimum atomic E-state index is -0.518. The highest BCUT2D eigenvalue weighted by molar-refractivity contribution is 5.78. The van der Waals surface area contributed by atoms with Gasteiger partial charge in [0.2, 0.25) is 12.4 Å². The summed E-state index contributed by atoms with van der Waals surface area (Å²) in [6, 6.07) is 5.21. The van der Waals surface area contributed by atoms with Crippen LogP contribution in [0.5, 0.6) is 5.75 Å². The smallest absolute Gasteiger partial charge is 0.356 e. The molecule has 5 nitrogen and oxygen atoms in total. The number of ether oxygens (including phenoxy) is 2. The minimum Gasteiger partial charge on any atom is -0.496 e. The summed E-state index contributed by atoms with van der Waals surface area (Å²) in [6.45, 7) is 1.96. The molecule has 0 aliphatic carbocycles. The van der Waals surface area contributed by atoms with Crippen LogP contribution in [0.15, 0.2) is 36.9 Å². The normalized spacial score (nSPS) is 12.0. The van der Waals surface area contributed by atoms with E-state index in [0.717, 1.165) is 16.9 Å². The molecule has 0 saturated heterocycles. The standard InChI is InChI=1S/C15H19N2O3/c1-11-5-6-12(9-13(11)19-3)14(15(18)20-4)17-8-7-16(2)10-17/h5-10,14H,1-4H3/q+1. The van der Waals surface area contributed by atoms with Crippen molar-refractivity contribution in [2.45, 2.75) is 13.0 Å². The Kier molecular flexibility index (Phi) is 4.08. The van der Waals surface area contributed by atoms with Crippen molar-refractivity contribution in [3.05, 3.63) is 48.0 Å². The lowest BCUT2D eigenvalue weighted by atomic mass is 10.0. The molecule has 0 amide bonds. The minimum absolute atomic E-state index is 0.313. The highest BCUT2D eigenvalue weighted by Gasteiger charge is 2.28. The summed E-state index contributed by atoms with van der Waals surface area (Å²) < 4.78 is 13.9. The average molecular weight is 275 g/mol. The fraction of sp³-hybridized carbons (Fsp3) is 0.333. The lowest BCUT2D eigenvalue weighted by Gasteiger charge is -2.14. The summed E-state index contributed by atoms with van der Waals surface area (Å²) in [5.41, 5.74) is 1.86. The molecule has 0 aliphatic heterocycles. The molecule has 0 radical (unpaired) electrons. The van der Waals surface area contributed by atoms with Crippen LogP contribution in [0.2, 0.25) is 0 Å². The third-order valence-electron chi connectivity index (χ3n) is 3.26. The van der Waals surface area contributed by atoms with Gasteiger partial charge in [-0.05, 0) is 18.6 Å². The van der Waals surface area contributed by atoms with Gasteiger partial charge in [0.05, 0.1) is 21.3 Å². The lowest BCUT2D eigenvalue weighted by molar-refractivity contribution is -0.671. The molecule has 1 atom stereocenters. The van der Waals surface area contributed by atoms with Crippen LogP contribution in [0.25, 0.3) is 0 Å². The van der Waals surface area contributed by atoms with E-state index in [1.54, 1.807) is 7.11 Å². The molecule has 0 bridgehead atoms. The van der Waals surface area contributed by atoms with Gasteiger partial charge < -0.3 is 9.47 Å². The van der Waals surface area contributed by atoms with Gasteiger partial charge in [-0.2, -0.15) is 0 Å².